The molecule has 8 heteroatoms. The molecule has 10 aromatic carbocycles. The van der Waals surface area contributed by atoms with Crippen LogP contribution >= 0.6 is 0 Å². The van der Waals surface area contributed by atoms with Crippen LogP contribution < -0.4 is 57.4 Å². The number of rotatable bonds is 5. The van der Waals surface area contributed by atoms with Gasteiger partial charge in [-0.3, -0.25) is 0 Å². The number of hydrogen-bond donors (Lipinski definition) is 1. The molecule has 11 aromatic rings. The number of nitrogens with zero attached hydrogens (tertiary/aromatic N) is 3. The van der Waals surface area contributed by atoms with Crippen molar-refractivity contribution in [2.75, 3.05) is 15.1 Å². The molecule has 0 saturated carbocycles. The number of para-hydroxylation sites is 5. The van der Waals surface area contributed by atoms with Crippen molar-refractivity contribution in [2.24, 2.45) is 0 Å². The maximum atomic E-state index is 7.48. The number of nitrogens with one attached hydrogen (secondary N) is 1. The van der Waals surface area contributed by atoms with Crippen molar-refractivity contribution in [3.63, 3.8) is 0 Å². The minimum absolute atomic E-state index is 0.0163. The van der Waals surface area contributed by atoms with Crippen LogP contribution in [0, 0.1) is 0 Å². The van der Waals surface area contributed by atoms with Crippen molar-refractivity contribution in [1.82, 2.24) is 4.57 Å². The van der Waals surface area contributed by atoms with E-state index < -0.39 is 0 Å². The molecule has 0 spiro atoms. The average molecular weight is 981 g/mol. The molecule has 4 aliphatic rings. The number of hydrogen-bond acceptors (Lipinski definition) is 5. The molecule has 0 radical (unpaired) electrons. The third-order valence-corrected chi connectivity index (χ3v) is 16.3. The van der Waals surface area contributed by atoms with E-state index in [2.05, 4.69) is 267 Å². The highest BCUT2D eigenvalue weighted by Gasteiger charge is 2.47. The molecule has 76 heavy (non-hydrogen) atoms. The predicted molar refractivity (Wildman–Crippen MR) is 320 cm³/mol. The highest BCUT2D eigenvalue weighted by molar-refractivity contribution is 7.02. The van der Waals surface area contributed by atoms with Crippen molar-refractivity contribution >= 4 is 114 Å². The molecule has 1 aromatic heterocycles. The third-order valence-electron chi connectivity index (χ3n) is 16.3. The lowest BCUT2D eigenvalue weighted by Gasteiger charge is -2.42. The van der Waals surface area contributed by atoms with Gasteiger partial charge in [-0.2, -0.15) is 0 Å². The second-order valence-corrected chi connectivity index (χ2v) is 23.0. The molecular formula is C68H54B2N4O2. The quantitative estimate of drug-likeness (QED) is 0.174. The Morgan fingerprint density at radius 2 is 0.816 bits per heavy atom. The van der Waals surface area contributed by atoms with Gasteiger partial charge in [-0.25, -0.2) is 0 Å². The number of aromatic nitrogens is 1. The molecule has 0 saturated heterocycles. The number of anilines is 8. The van der Waals surface area contributed by atoms with E-state index in [0.717, 1.165) is 107 Å². The summed E-state index contributed by atoms with van der Waals surface area (Å²) in [6.45, 7) is 13.6. The monoisotopic (exact) mass is 980 g/mol. The van der Waals surface area contributed by atoms with Crippen LogP contribution in [0.3, 0.4) is 0 Å². The van der Waals surface area contributed by atoms with Gasteiger partial charge in [-0.15, -0.1) is 0 Å². The molecule has 0 bridgehead atoms. The Balaban J connectivity index is 0.966. The zero-order chi connectivity index (χ0) is 51.2. The van der Waals surface area contributed by atoms with Crippen molar-refractivity contribution in [3.05, 3.63) is 223 Å². The minimum atomic E-state index is -0.135. The highest BCUT2D eigenvalue weighted by atomic mass is 16.5. The topological polar surface area (TPSA) is 41.9 Å². The Kier molecular flexibility index (Phi) is 9.57. The van der Waals surface area contributed by atoms with Crippen LogP contribution in [-0.2, 0) is 10.8 Å². The first-order chi connectivity index (χ1) is 36.9. The summed E-state index contributed by atoms with van der Waals surface area (Å²) in [5.41, 5.74) is 21.6. The molecule has 6 nitrogen and oxygen atoms in total. The summed E-state index contributed by atoms with van der Waals surface area (Å²) < 4.78 is 17.2. The lowest BCUT2D eigenvalue weighted by molar-refractivity contribution is 0.466. The van der Waals surface area contributed by atoms with Gasteiger partial charge in [0.25, 0.3) is 13.4 Å². The second kappa shape index (κ2) is 16.3. The van der Waals surface area contributed by atoms with E-state index in [9.17, 15) is 0 Å². The van der Waals surface area contributed by atoms with E-state index >= 15 is 0 Å². The van der Waals surface area contributed by atoms with Gasteiger partial charge in [0, 0.05) is 74.5 Å². The fourth-order valence-electron chi connectivity index (χ4n) is 12.7. The van der Waals surface area contributed by atoms with Gasteiger partial charge in [0.15, 0.2) is 0 Å². The zero-order valence-corrected chi connectivity index (χ0v) is 43.5. The van der Waals surface area contributed by atoms with E-state index in [4.69, 9.17) is 9.47 Å². The molecular weight excluding hydrogens is 926 g/mol. The summed E-state index contributed by atoms with van der Waals surface area (Å²) in [6, 6.07) is 77.6. The summed E-state index contributed by atoms with van der Waals surface area (Å²) in [4.78, 5) is 4.85. The van der Waals surface area contributed by atoms with Crippen molar-refractivity contribution in [3.8, 4) is 28.7 Å². The van der Waals surface area contributed by atoms with Gasteiger partial charge in [-0.05, 0) is 140 Å². The first-order valence-electron chi connectivity index (χ1n) is 26.6. The molecule has 364 valence electrons. The number of benzene rings is 10. The van der Waals surface area contributed by atoms with Crippen LogP contribution in [0.1, 0.15) is 52.7 Å². The summed E-state index contributed by atoms with van der Waals surface area (Å²) in [5, 5.41) is 6.22. The first kappa shape index (κ1) is 44.6. The van der Waals surface area contributed by atoms with Crippen molar-refractivity contribution < 1.29 is 9.47 Å². The van der Waals surface area contributed by atoms with Crippen LogP contribution in [0.25, 0.3) is 27.5 Å². The SMILES string of the molecule is CC(C)(C)c1ccc2c(c1)c1cc(C(C)(C)C)ccc1n2-c1cc2c3c(c1)N(c1ccccc1)c1ccccc1B3c1cc3c(cc1O2)Oc1cc(Nc2ccccc2)cc2c1B3c1ccccc1N2c1ccccc1. The largest absolute Gasteiger partial charge is 0.458 e. The van der Waals surface area contributed by atoms with Crippen LogP contribution in [-0.4, -0.2) is 18.0 Å². The molecule has 1 N–H and O–H groups in total. The summed E-state index contributed by atoms with van der Waals surface area (Å²) in [5.74, 6) is 3.25. The van der Waals surface area contributed by atoms with Crippen molar-refractivity contribution in [2.45, 2.75) is 52.4 Å². The third kappa shape index (κ3) is 6.76. The van der Waals surface area contributed by atoms with E-state index in [1.165, 1.54) is 32.8 Å². The summed E-state index contributed by atoms with van der Waals surface area (Å²) in [7, 11) is 0. The Hall–Kier alpha value is -8.87. The van der Waals surface area contributed by atoms with Gasteiger partial charge in [0.05, 0.1) is 16.7 Å². The van der Waals surface area contributed by atoms with Crippen LogP contribution in [0.2, 0.25) is 0 Å². The minimum Gasteiger partial charge on any atom is -0.458 e. The molecule has 0 atom stereocenters. The lowest BCUT2D eigenvalue weighted by Crippen LogP contribution is -2.63. The normalized spacial score (nSPS) is 13.8. The standard InChI is InChI=1S/C68H54B2N4O2/c1-67(2,3)42-30-32-55-49(34-42)50-35-43(68(4,5)6)31-33-56(50)74(55)48-38-60-66-64(39-48)76-62-41-61-53(40-54(62)70(66)52-27-17-19-29-58(52)73(60)47-24-14-9-15-25-47)69-51-26-16-18-28-57(51)72(46-22-12-8-13-23-46)59-36-45(37-63(75-61)65(59)69)71-44-20-10-7-11-21-44/h7-41,71H,1-6H3. The smallest absolute Gasteiger partial charge is 0.256 e. The van der Waals surface area contributed by atoms with E-state index in [0.29, 0.717) is 0 Å². The number of fused-ring (bicyclic) bond motifs is 11. The predicted octanol–water partition coefficient (Wildman–Crippen LogP) is 13.9. The maximum Gasteiger partial charge on any atom is 0.256 e. The van der Waals surface area contributed by atoms with E-state index in [1.807, 2.05) is 6.07 Å². The Morgan fingerprint density at radius 3 is 1.33 bits per heavy atom. The Labute approximate surface area is 445 Å². The van der Waals surface area contributed by atoms with Crippen LogP contribution in [0.15, 0.2) is 212 Å². The van der Waals surface area contributed by atoms with Gasteiger partial charge in [0.1, 0.15) is 23.0 Å². The highest BCUT2D eigenvalue weighted by Crippen LogP contribution is 2.47. The molecule has 15 rings (SSSR count). The van der Waals surface area contributed by atoms with Crippen LogP contribution in [0.4, 0.5) is 45.5 Å². The van der Waals surface area contributed by atoms with E-state index in [1.54, 1.807) is 0 Å². The maximum absolute atomic E-state index is 7.48. The van der Waals surface area contributed by atoms with Gasteiger partial charge >= 0.3 is 0 Å². The zero-order valence-electron chi connectivity index (χ0n) is 43.5. The van der Waals surface area contributed by atoms with Gasteiger partial charge in [0.2, 0.25) is 0 Å². The first-order valence-corrected chi connectivity index (χ1v) is 26.6. The van der Waals surface area contributed by atoms with Gasteiger partial charge < -0.3 is 29.2 Å². The molecule has 0 unspecified atom stereocenters. The summed E-state index contributed by atoms with van der Waals surface area (Å²) >= 11 is 0. The molecule has 4 aliphatic heterocycles. The molecule has 0 aliphatic carbocycles. The lowest BCUT2D eigenvalue weighted by atomic mass is 9.31. The van der Waals surface area contributed by atoms with Crippen molar-refractivity contribution in [1.29, 1.82) is 0 Å². The fourth-order valence-corrected chi connectivity index (χ4v) is 12.7. The van der Waals surface area contributed by atoms with E-state index in [-0.39, 0.29) is 24.3 Å². The number of ether oxygens (including phenoxy) is 2. The van der Waals surface area contributed by atoms with Gasteiger partial charge in [-0.1, -0.05) is 151 Å². The Bertz CT molecular complexity index is 4130. The molecule has 5 heterocycles. The molecule has 0 amide bonds. The Morgan fingerprint density at radius 1 is 0.355 bits per heavy atom. The average Bonchev–Trinajstić information content (AvgIpc) is 3.88. The second-order valence-electron chi connectivity index (χ2n) is 23.0. The summed E-state index contributed by atoms with van der Waals surface area (Å²) in [6.07, 6.45) is 0. The molecule has 0 fully saturated rings. The van der Waals surface area contributed by atoms with Crippen LogP contribution in [0.5, 0.6) is 23.0 Å². The fraction of sp³-hybridized carbons (Fsp3) is 0.118.